The number of methoxy groups -OCH3 is 1. The molecule has 0 aliphatic carbocycles. The largest absolute Gasteiger partial charge is 0.462 e. The van der Waals surface area contributed by atoms with Gasteiger partial charge in [0.15, 0.2) is 5.79 Å². The summed E-state index contributed by atoms with van der Waals surface area (Å²) in [6, 6.07) is 36.1. The van der Waals surface area contributed by atoms with Crippen LogP contribution in [0.4, 0.5) is 5.69 Å². The molecule has 2 aliphatic heterocycles. The molecule has 4 aromatic carbocycles. The minimum atomic E-state index is -0.968. The molecular weight excluding hydrogens is 562 g/mol. The SMILES string of the molecule is CO[C@H]1[C@H](Oc2ccc([N+](=O)[O-])cc2)O[C@H](COC(c2ccccc2)(c2ccccc2)c2ccccc2)[C@@H]2OC(C)(C)O[C@@H]21. The monoisotopic (exact) mass is 597 g/mol. The molecule has 2 fully saturated rings. The average Bonchev–Trinajstić information content (AvgIpc) is 3.38. The Bertz CT molecular complexity index is 1440. The Hall–Kier alpha value is -4.12. The van der Waals surface area contributed by atoms with Crippen molar-refractivity contribution in [1.29, 1.82) is 0 Å². The highest BCUT2D eigenvalue weighted by Gasteiger charge is 2.57. The van der Waals surface area contributed by atoms with Crippen LogP contribution in [0.3, 0.4) is 0 Å². The summed E-state index contributed by atoms with van der Waals surface area (Å²) in [5, 5.41) is 11.2. The first-order valence-corrected chi connectivity index (χ1v) is 14.6. The van der Waals surface area contributed by atoms with Gasteiger partial charge in [-0.3, -0.25) is 10.1 Å². The highest BCUT2D eigenvalue weighted by molar-refractivity contribution is 5.47. The quantitative estimate of drug-likeness (QED) is 0.120. The normalized spacial score (nSPS) is 24.4. The van der Waals surface area contributed by atoms with Crippen molar-refractivity contribution in [1.82, 2.24) is 0 Å². The van der Waals surface area contributed by atoms with E-state index in [2.05, 4.69) is 36.4 Å². The third kappa shape index (κ3) is 5.85. The second-order valence-electron chi connectivity index (χ2n) is 11.3. The van der Waals surface area contributed by atoms with E-state index in [-0.39, 0.29) is 12.3 Å². The highest BCUT2D eigenvalue weighted by atomic mass is 16.8. The summed E-state index contributed by atoms with van der Waals surface area (Å²) in [6.45, 7) is 3.82. The van der Waals surface area contributed by atoms with Crippen LogP contribution < -0.4 is 4.74 Å². The van der Waals surface area contributed by atoms with Gasteiger partial charge in [-0.15, -0.1) is 0 Å². The maximum absolute atomic E-state index is 11.2. The number of non-ortho nitro benzene ring substituents is 1. The van der Waals surface area contributed by atoms with Gasteiger partial charge in [0.25, 0.3) is 5.69 Å². The van der Waals surface area contributed by atoms with Crippen molar-refractivity contribution in [3.05, 3.63) is 142 Å². The van der Waals surface area contributed by atoms with Gasteiger partial charge in [-0.05, 0) is 42.7 Å². The van der Waals surface area contributed by atoms with Gasteiger partial charge in [0.1, 0.15) is 35.8 Å². The molecule has 0 aromatic heterocycles. The van der Waals surface area contributed by atoms with Crippen molar-refractivity contribution >= 4 is 5.69 Å². The van der Waals surface area contributed by atoms with Crippen molar-refractivity contribution in [3.8, 4) is 5.75 Å². The van der Waals surface area contributed by atoms with Gasteiger partial charge in [0.2, 0.25) is 6.29 Å². The smallest absolute Gasteiger partial charge is 0.269 e. The second kappa shape index (κ2) is 12.5. The second-order valence-corrected chi connectivity index (χ2v) is 11.3. The summed E-state index contributed by atoms with van der Waals surface area (Å²) < 4.78 is 38.4. The maximum Gasteiger partial charge on any atom is 0.269 e. The molecule has 2 aliphatic rings. The molecule has 0 N–H and O–H groups in total. The summed E-state index contributed by atoms with van der Waals surface area (Å²) in [4.78, 5) is 10.7. The molecule has 5 atom stereocenters. The van der Waals surface area contributed by atoms with Crippen molar-refractivity contribution in [2.45, 2.75) is 55.9 Å². The molecule has 0 unspecified atom stereocenters. The third-order valence-corrected chi connectivity index (χ3v) is 8.01. The molecule has 2 heterocycles. The Balaban J connectivity index is 1.36. The zero-order chi connectivity index (χ0) is 30.7. The van der Waals surface area contributed by atoms with Crippen molar-refractivity contribution in [2.75, 3.05) is 13.7 Å². The molecule has 0 amide bonds. The molecule has 9 nitrogen and oxygen atoms in total. The molecule has 2 saturated heterocycles. The number of nitrogens with zero attached hydrogens (tertiary/aromatic N) is 1. The van der Waals surface area contributed by atoms with E-state index in [4.69, 9.17) is 28.4 Å². The summed E-state index contributed by atoms with van der Waals surface area (Å²) in [5.41, 5.74) is 1.88. The van der Waals surface area contributed by atoms with Crippen LogP contribution in [0.25, 0.3) is 0 Å². The van der Waals surface area contributed by atoms with Gasteiger partial charge < -0.3 is 28.4 Å². The van der Waals surface area contributed by atoms with Crippen molar-refractivity contribution in [2.24, 2.45) is 0 Å². The van der Waals surface area contributed by atoms with Gasteiger partial charge in [-0.2, -0.15) is 0 Å². The Morgan fingerprint density at radius 1 is 0.773 bits per heavy atom. The summed E-state index contributed by atoms with van der Waals surface area (Å²) in [6.07, 6.45) is -3.22. The molecule has 9 heteroatoms. The fourth-order valence-electron chi connectivity index (χ4n) is 6.07. The van der Waals surface area contributed by atoms with E-state index < -0.39 is 47.0 Å². The lowest BCUT2D eigenvalue weighted by Crippen LogP contribution is -2.60. The number of rotatable bonds is 10. The van der Waals surface area contributed by atoms with E-state index in [9.17, 15) is 10.1 Å². The minimum Gasteiger partial charge on any atom is -0.462 e. The fourth-order valence-corrected chi connectivity index (χ4v) is 6.07. The van der Waals surface area contributed by atoms with E-state index >= 15 is 0 Å². The zero-order valence-corrected chi connectivity index (χ0v) is 24.8. The van der Waals surface area contributed by atoms with Gasteiger partial charge in [0, 0.05) is 19.2 Å². The molecule has 0 saturated carbocycles. The highest BCUT2D eigenvalue weighted by Crippen LogP contribution is 2.43. The number of hydrogen-bond acceptors (Lipinski definition) is 8. The third-order valence-electron chi connectivity index (χ3n) is 8.01. The first kappa shape index (κ1) is 29.9. The predicted molar refractivity (Wildman–Crippen MR) is 162 cm³/mol. The Morgan fingerprint density at radius 2 is 1.27 bits per heavy atom. The van der Waals surface area contributed by atoms with Crippen molar-refractivity contribution < 1.29 is 33.3 Å². The molecule has 4 aromatic rings. The number of ether oxygens (including phenoxy) is 6. The first-order chi connectivity index (χ1) is 21.3. The van der Waals surface area contributed by atoms with E-state index in [1.165, 1.54) is 24.3 Å². The molecule has 0 radical (unpaired) electrons. The zero-order valence-electron chi connectivity index (χ0n) is 24.8. The van der Waals surface area contributed by atoms with Gasteiger partial charge in [0.05, 0.1) is 11.5 Å². The van der Waals surface area contributed by atoms with Crippen LogP contribution in [0.5, 0.6) is 5.75 Å². The minimum absolute atomic E-state index is 0.0371. The number of hydrogen-bond donors (Lipinski definition) is 0. The predicted octanol–water partition coefficient (Wildman–Crippen LogP) is 6.24. The fraction of sp³-hybridized carbons (Fsp3) is 0.314. The molecule has 6 rings (SSSR count). The standard InChI is InChI=1S/C35H35NO8/c1-34(2)43-30-29(42-33(32(39-3)31(30)44-34)41-28-21-19-27(20-22-28)36(37)38)23-40-35(24-13-7-4-8-14-24,25-15-9-5-10-16-25)26-17-11-6-12-18-26/h4-22,29-33H,23H2,1-3H3/t29-,30+,31+,32-,33-/m1/s1. The number of benzene rings is 4. The number of fused-ring (bicyclic) bond motifs is 1. The van der Waals surface area contributed by atoms with Gasteiger partial charge in [-0.25, -0.2) is 0 Å². The number of nitro groups is 1. The number of nitro benzene ring substituents is 1. The first-order valence-electron chi connectivity index (χ1n) is 14.6. The Kier molecular flexibility index (Phi) is 8.48. The lowest BCUT2D eigenvalue weighted by Gasteiger charge is -2.43. The topological polar surface area (TPSA) is 98.5 Å². The van der Waals surface area contributed by atoms with Crippen LogP contribution in [0.1, 0.15) is 30.5 Å². The van der Waals surface area contributed by atoms with E-state index in [1.54, 1.807) is 7.11 Å². The van der Waals surface area contributed by atoms with E-state index in [0.29, 0.717) is 5.75 Å². The lowest BCUT2D eigenvalue weighted by atomic mass is 9.80. The van der Waals surface area contributed by atoms with Crippen LogP contribution in [-0.4, -0.2) is 55.1 Å². The average molecular weight is 598 g/mol. The summed E-state index contributed by atoms with van der Waals surface area (Å²) in [5.74, 6) is -0.503. The van der Waals surface area contributed by atoms with E-state index in [1.807, 2.05) is 68.4 Å². The summed E-state index contributed by atoms with van der Waals surface area (Å²) in [7, 11) is 1.56. The van der Waals surface area contributed by atoms with Crippen molar-refractivity contribution in [3.63, 3.8) is 0 Å². The van der Waals surface area contributed by atoms with Gasteiger partial charge in [-0.1, -0.05) is 91.0 Å². The van der Waals surface area contributed by atoms with Crippen LogP contribution in [0, 0.1) is 10.1 Å². The molecule has 0 bridgehead atoms. The Labute approximate surface area is 256 Å². The summed E-state index contributed by atoms with van der Waals surface area (Å²) >= 11 is 0. The van der Waals surface area contributed by atoms with Crippen LogP contribution in [0.2, 0.25) is 0 Å². The van der Waals surface area contributed by atoms with Gasteiger partial charge >= 0.3 is 0 Å². The van der Waals surface area contributed by atoms with Crippen LogP contribution in [0.15, 0.2) is 115 Å². The van der Waals surface area contributed by atoms with Crippen LogP contribution >= 0.6 is 0 Å². The molecule has 44 heavy (non-hydrogen) atoms. The molecular formula is C35H35NO8. The molecule has 0 spiro atoms. The maximum atomic E-state index is 11.2. The van der Waals surface area contributed by atoms with E-state index in [0.717, 1.165) is 16.7 Å². The lowest BCUT2D eigenvalue weighted by molar-refractivity contribution is -0.384. The molecule has 228 valence electrons. The van der Waals surface area contributed by atoms with Crippen LogP contribution in [-0.2, 0) is 29.3 Å². The Morgan fingerprint density at radius 3 is 1.75 bits per heavy atom.